The van der Waals surface area contributed by atoms with Crippen LogP contribution in [0.1, 0.15) is 34.6 Å². The summed E-state index contributed by atoms with van der Waals surface area (Å²) in [5.41, 5.74) is 0. The highest BCUT2D eigenvalue weighted by molar-refractivity contribution is 5.83. The Hall–Kier alpha value is -3.38. The molecule has 0 spiro atoms. The van der Waals surface area contributed by atoms with Gasteiger partial charge in [0.15, 0.2) is 0 Å². The maximum Gasteiger partial charge on any atom is 0.328 e. The number of esters is 2. The number of carbonyl (C=O) groups is 6. The van der Waals surface area contributed by atoms with Gasteiger partial charge in [0.1, 0.15) is 17.9 Å². The zero-order valence-electron chi connectivity index (χ0n) is 20.9. The highest BCUT2D eigenvalue weighted by Gasteiger charge is 2.14. The number of ether oxygens (including phenoxy) is 2. The van der Waals surface area contributed by atoms with Gasteiger partial charge in [-0.15, -0.1) is 0 Å². The van der Waals surface area contributed by atoms with Crippen LogP contribution in [-0.2, 0) is 28.7 Å². The third kappa shape index (κ3) is 28.8. The molecule has 4 N–H and O–H groups in total. The molecule has 0 aromatic rings. The first kappa shape index (κ1) is 36.0. The van der Waals surface area contributed by atoms with Crippen LogP contribution < -0.4 is 21.3 Å². The van der Waals surface area contributed by atoms with E-state index in [9.17, 15) is 28.8 Å². The normalized spacial score (nSPS) is 10.2. The SMILES string of the molecule is CC(C)=O.CNC(=O)N(C)C.CNC(=O)NC(C)C(=O)OC.COC(=O)C(C)NC(C)=O. The van der Waals surface area contributed by atoms with Gasteiger partial charge in [0.05, 0.1) is 14.2 Å². The molecular formula is C19H39N5O8. The van der Waals surface area contributed by atoms with E-state index in [-0.39, 0.29) is 17.7 Å². The van der Waals surface area contributed by atoms with Crippen molar-refractivity contribution in [3.05, 3.63) is 0 Å². The van der Waals surface area contributed by atoms with Crippen LogP contribution in [0.3, 0.4) is 0 Å². The third-order valence-corrected chi connectivity index (χ3v) is 2.72. The van der Waals surface area contributed by atoms with Gasteiger partial charge in [-0.1, -0.05) is 0 Å². The molecule has 0 fully saturated rings. The average Bonchev–Trinajstić information content (AvgIpc) is 2.71. The lowest BCUT2D eigenvalue weighted by Crippen LogP contribution is -2.43. The number of Topliss-reactive ketones (excluding diaryl/α,β-unsaturated/α-hetero) is 1. The van der Waals surface area contributed by atoms with Gasteiger partial charge < -0.3 is 40.4 Å². The molecule has 188 valence electrons. The van der Waals surface area contributed by atoms with Crippen molar-refractivity contribution in [3.8, 4) is 0 Å². The molecule has 0 radical (unpaired) electrons. The monoisotopic (exact) mass is 465 g/mol. The van der Waals surface area contributed by atoms with E-state index in [0.29, 0.717) is 0 Å². The number of methoxy groups -OCH3 is 2. The molecule has 13 heteroatoms. The van der Waals surface area contributed by atoms with Gasteiger partial charge >= 0.3 is 24.0 Å². The number of carbonyl (C=O) groups excluding carboxylic acids is 6. The van der Waals surface area contributed by atoms with Gasteiger partial charge in [-0.25, -0.2) is 19.2 Å². The largest absolute Gasteiger partial charge is 0.467 e. The number of urea groups is 2. The predicted molar refractivity (Wildman–Crippen MR) is 119 cm³/mol. The van der Waals surface area contributed by atoms with Crippen LogP contribution in [0.15, 0.2) is 0 Å². The summed E-state index contributed by atoms with van der Waals surface area (Å²) in [6.07, 6.45) is 0. The topological polar surface area (TPSA) is 172 Å². The summed E-state index contributed by atoms with van der Waals surface area (Å²) in [5.74, 6) is -0.971. The molecule has 5 amide bonds. The van der Waals surface area contributed by atoms with E-state index < -0.39 is 30.1 Å². The molecule has 13 nitrogen and oxygen atoms in total. The van der Waals surface area contributed by atoms with E-state index >= 15 is 0 Å². The molecule has 0 aliphatic carbocycles. The summed E-state index contributed by atoms with van der Waals surface area (Å²) in [4.78, 5) is 63.5. The van der Waals surface area contributed by atoms with E-state index in [1.807, 2.05) is 0 Å². The molecular weight excluding hydrogens is 426 g/mol. The van der Waals surface area contributed by atoms with Crippen molar-refractivity contribution in [3.63, 3.8) is 0 Å². The minimum absolute atomic E-state index is 0.0694. The van der Waals surface area contributed by atoms with Crippen molar-refractivity contribution in [1.82, 2.24) is 26.2 Å². The molecule has 0 saturated heterocycles. The Morgan fingerprint density at radius 3 is 1.25 bits per heavy atom. The van der Waals surface area contributed by atoms with Crippen LogP contribution in [0.25, 0.3) is 0 Å². The second-order valence-electron chi connectivity index (χ2n) is 6.27. The lowest BCUT2D eigenvalue weighted by atomic mass is 10.3. The Morgan fingerprint density at radius 1 is 0.719 bits per heavy atom. The van der Waals surface area contributed by atoms with Crippen molar-refractivity contribution in [2.24, 2.45) is 0 Å². The van der Waals surface area contributed by atoms with Crippen LogP contribution in [-0.4, -0.2) is 95.1 Å². The first-order valence-electron chi connectivity index (χ1n) is 9.38. The number of nitrogens with one attached hydrogen (secondary N) is 4. The first-order chi connectivity index (χ1) is 14.6. The molecule has 32 heavy (non-hydrogen) atoms. The first-order valence-corrected chi connectivity index (χ1v) is 9.38. The fraction of sp³-hybridized carbons (Fsp3) is 0.684. The Labute approximate surface area is 189 Å². The van der Waals surface area contributed by atoms with Gasteiger partial charge in [0, 0.05) is 35.1 Å². The van der Waals surface area contributed by atoms with Gasteiger partial charge in [-0.05, 0) is 27.7 Å². The molecule has 2 atom stereocenters. The lowest BCUT2D eigenvalue weighted by Gasteiger charge is -2.09. The summed E-state index contributed by atoms with van der Waals surface area (Å²) in [5, 5.41) is 9.50. The molecule has 0 bridgehead atoms. The van der Waals surface area contributed by atoms with E-state index in [1.165, 1.54) is 46.9 Å². The number of hydrogen-bond donors (Lipinski definition) is 4. The summed E-state index contributed by atoms with van der Waals surface area (Å²) in [6, 6.07) is -1.63. The molecule has 0 saturated carbocycles. The van der Waals surface area contributed by atoms with Crippen LogP contribution >= 0.6 is 0 Å². The van der Waals surface area contributed by atoms with Crippen molar-refractivity contribution in [1.29, 1.82) is 0 Å². The van der Waals surface area contributed by atoms with Crippen molar-refractivity contribution < 1.29 is 38.2 Å². The number of nitrogens with zero attached hydrogens (tertiary/aromatic N) is 1. The summed E-state index contributed by atoms with van der Waals surface area (Å²) >= 11 is 0. The fourth-order valence-electron chi connectivity index (χ4n) is 1.27. The van der Waals surface area contributed by atoms with Gasteiger partial charge in [-0.3, -0.25) is 4.79 Å². The van der Waals surface area contributed by atoms with Crippen LogP contribution in [0, 0.1) is 0 Å². The van der Waals surface area contributed by atoms with Gasteiger partial charge in [-0.2, -0.15) is 0 Å². The zero-order chi connectivity index (χ0) is 26.4. The van der Waals surface area contributed by atoms with E-state index in [2.05, 4.69) is 30.7 Å². The smallest absolute Gasteiger partial charge is 0.328 e. The summed E-state index contributed by atoms with van der Waals surface area (Å²) in [6.45, 7) is 7.51. The van der Waals surface area contributed by atoms with Crippen molar-refractivity contribution in [2.75, 3.05) is 42.4 Å². The Balaban J connectivity index is -0.000000173. The second kappa shape index (κ2) is 22.3. The van der Waals surface area contributed by atoms with Gasteiger partial charge in [0.2, 0.25) is 5.91 Å². The van der Waals surface area contributed by atoms with Crippen LogP contribution in [0.5, 0.6) is 0 Å². The fourth-order valence-corrected chi connectivity index (χ4v) is 1.27. The highest BCUT2D eigenvalue weighted by Crippen LogP contribution is 1.85. The van der Waals surface area contributed by atoms with Crippen molar-refractivity contribution >= 4 is 35.7 Å². The van der Waals surface area contributed by atoms with Crippen LogP contribution in [0.2, 0.25) is 0 Å². The quantitative estimate of drug-likeness (QED) is 0.408. The van der Waals surface area contributed by atoms with Gasteiger partial charge in [0.25, 0.3) is 0 Å². The Kier molecular flexibility index (Phi) is 25.1. The summed E-state index contributed by atoms with van der Waals surface area (Å²) < 4.78 is 8.74. The standard InChI is InChI=1S/C6H12N2O3.C6H11NO3.C4H10N2O.C3H6O/c1-4(5(9)11-3)8-6(10)7-2;1-4(6(9)10-3)7-5(2)8;1-5-4(7)6(2)3;1-3(2)4/h4H,1-3H3,(H2,7,8,10);4H,1-3H3,(H,7,8);1-3H3,(H,5,7);1-2H3. The maximum atomic E-state index is 10.7. The molecule has 0 aromatic heterocycles. The summed E-state index contributed by atoms with van der Waals surface area (Å²) in [7, 11) is 9.00. The Morgan fingerprint density at radius 2 is 1.06 bits per heavy atom. The number of hydrogen-bond acceptors (Lipinski definition) is 8. The minimum atomic E-state index is -0.611. The molecule has 0 rings (SSSR count). The van der Waals surface area contributed by atoms with E-state index in [0.717, 1.165) is 0 Å². The third-order valence-electron chi connectivity index (χ3n) is 2.72. The maximum absolute atomic E-state index is 10.7. The molecule has 0 aromatic carbocycles. The average molecular weight is 466 g/mol. The molecule has 0 heterocycles. The molecule has 2 unspecified atom stereocenters. The zero-order valence-corrected chi connectivity index (χ0v) is 20.9. The molecule has 0 aliphatic rings. The van der Waals surface area contributed by atoms with E-state index in [1.54, 1.807) is 35.0 Å². The highest BCUT2D eigenvalue weighted by atomic mass is 16.5. The Bertz CT molecular complexity index is 592. The second-order valence-corrected chi connectivity index (χ2v) is 6.27. The van der Waals surface area contributed by atoms with Crippen LogP contribution in [0.4, 0.5) is 9.59 Å². The molecule has 0 aliphatic heterocycles. The van der Waals surface area contributed by atoms with Crippen molar-refractivity contribution in [2.45, 2.75) is 46.7 Å². The number of amides is 5. The predicted octanol–water partition coefficient (Wildman–Crippen LogP) is -0.356. The number of ketones is 1. The van der Waals surface area contributed by atoms with E-state index in [4.69, 9.17) is 0 Å². The minimum Gasteiger partial charge on any atom is -0.467 e. The number of rotatable bonds is 4. The lowest BCUT2D eigenvalue weighted by molar-refractivity contribution is -0.144.